The first-order chi connectivity index (χ1) is 10.1. The molecule has 0 aliphatic rings. The summed E-state index contributed by atoms with van der Waals surface area (Å²) in [6.45, 7) is 1.64. The molecule has 4 heteroatoms. The van der Waals surface area contributed by atoms with Crippen molar-refractivity contribution in [2.24, 2.45) is 0 Å². The van der Waals surface area contributed by atoms with E-state index in [1.807, 2.05) is 18.2 Å². The molecule has 0 aliphatic carbocycles. The van der Waals surface area contributed by atoms with Crippen molar-refractivity contribution in [3.63, 3.8) is 0 Å². The molecule has 0 saturated heterocycles. The zero-order valence-electron chi connectivity index (χ0n) is 11.7. The summed E-state index contributed by atoms with van der Waals surface area (Å²) in [7, 11) is 1.58. The van der Waals surface area contributed by atoms with Gasteiger partial charge in [-0.05, 0) is 48.9 Å². The van der Waals surface area contributed by atoms with Crippen LogP contribution in [0.4, 0.5) is 4.39 Å². The van der Waals surface area contributed by atoms with Crippen molar-refractivity contribution in [3.05, 3.63) is 65.1 Å². The molecule has 0 atom stereocenters. The minimum absolute atomic E-state index is 0.141. The fraction of sp³-hybridized carbons (Fsp3) is 0.118. The average Bonchev–Trinajstić information content (AvgIpc) is 2.92. The third-order valence-corrected chi connectivity index (χ3v) is 3.55. The first-order valence-electron chi connectivity index (χ1n) is 6.56. The molecular weight excluding hydrogens is 269 g/mol. The van der Waals surface area contributed by atoms with Crippen molar-refractivity contribution in [3.8, 4) is 5.75 Å². The van der Waals surface area contributed by atoms with Gasteiger partial charge in [-0.2, -0.15) is 0 Å². The summed E-state index contributed by atoms with van der Waals surface area (Å²) in [6.07, 6.45) is 1.67. The number of aromatic nitrogens is 1. The monoisotopic (exact) mass is 283 g/mol. The number of H-pyrrole nitrogens is 1. The zero-order chi connectivity index (χ0) is 15.0. The fourth-order valence-corrected chi connectivity index (χ4v) is 2.36. The summed E-state index contributed by atoms with van der Waals surface area (Å²) in [4.78, 5) is 15.7. The van der Waals surface area contributed by atoms with Crippen LogP contribution in [0, 0.1) is 12.7 Å². The van der Waals surface area contributed by atoms with E-state index < -0.39 is 0 Å². The number of aromatic amines is 1. The Labute approximate surface area is 121 Å². The van der Waals surface area contributed by atoms with Gasteiger partial charge in [0, 0.05) is 28.2 Å². The van der Waals surface area contributed by atoms with Crippen molar-refractivity contribution >= 4 is 16.7 Å². The number of rotatable bonds is 3. The Kier molecular flexibility index (Phi) is 3.22. The van der Waals surface area contributed by atoms with Crippen LogP contribution >= 0.6 is 0 Å². The molecule has 0 spiro atoms. The van der Waals surface area contributed by atoms with Crippen LogP contribution in [0.5, 0.6) is 5.75 Å². The van der Waals surface area contributed by atoms with Gasteiger partial charge in [-0.15, -0.1) is 0 Å². The third kappa shape index (κ3) is 2.29. The van der Waals surface area contributed by atoms with E-state index in [1.165, 1.54) is 12.1 Å². The second kappa shape index (κ2) is 5.05. The quantitative estimate of drug-likeness (QED) is 0.742. The molecule has 0 bridgehead atoms. The Morgan fingerprint density at radius 1 is 1.19 bits per heavy atom. The summed E-state index contributed by atoms with van der Waals surface area (Å²) in [5.74, 6) is 0.233. The first kappa shape index (κ1) is 13.4. The molecule has 0 unspecified atom stereocenters. The highest BCUT2D eigenvalue weighted by atomic mass is 19.1. The number of ketones is 1. The Morgan fingerprint density at radius 3 is 2.71 bits per heavy atom. The van der Waals surface area contributed by atoms with Crippen molar-refractivity contribution < 1.29 is 13.9 Å². The van der Waals surface area contributed by atoms with E-state index >= 15 is 0 Å². The van der Waals surface area contributed by atoms with E-state index in [1.54, 1.807) is 26.3 Å². The molecule has 2 aromatic carbocycles. The van der Waals surface area contributed by atoms with Gasteiger partial charge in [0.2, 0.25) is 0 Å². The molecule has 3 rings (SSSR count). The summed E-state index contributed by atoms with van der Waals surface area (Å²) in [6, 6.07) is 9.89. The average molecular weight is 283 g/mol. The van der Waals surface area contributed by atoms with Crippen LogP contribution in [-0.2, 0) is 0 Å². The molecule has 3 aromatic rings. The lowest BCUT2D eigenvalue weighted by Crippen LogP contribution is -2.01. The summed E-state index contributed by atoms with van der Waals surface area (Å²) in [5, 5.41) is 0.793. The standard InChI is InChI=1S/C17H14FNO2/c1-10-7-11(3-5-15(10)18)17(20)14-9-19-16-6-4-12(21-2)8-13(14)16/h3-9,19H,1-2H3. The largest absolute Gasteiger partial charge is 0.497 e. The molecule has 0 fully saturated rings. The minimum Gasteiger partial charge on any atom is -0.497 e. The van der Waals surface area contributed by atoms with Gasteiger partial charge in [0.05, 0.1) is 7.11 Å². The number of nitrogens with one attached hydrogen (secondary N) is 1. The van der Waals surface area contributed by atoms with Gasteiger partial charge >= 0.3 is 0 Å². The van der Waals surface area contributed by atoms with Crippen LogP contribution in [-0.4, -0.2) is 17.9 Å². The van der Waals surface area contributed by atoms with Gasteiger partial charge < -0.3 is 9.72 Å². The topological polar surface area (TPSA) is 42.1 Å². The van der Waals surface area contributed by atoms with Crippen LogP contribution in [0.2, 0.25) is 0 Å². The molecule has 0 aliphatic heterocycles. The van der Waals surface area contributed by atoms with Crippen LogP contribution < -0.4 is 4.74 Å². The van der Waals surface area contributed by atoms with E-state index in [2.05, 4.69) is 4.98 Å². The number of hydrogen-bond acceptors (Lipinski definition) is 2. The lowest BCUT2D eigenvalue weighted by molar-refractivity contribution is 0.104. The number of carbonyl (C=O) groups excluding carboxylic acids is 1. The highest BCUT2D eigenvalue weighted by Crippen LogP contribution is 2.25. The molecule has 1 aromatic heterocycles. The van der Waals surface area contributed by atoms with Gasteiger partial charge in [0.1, 0.15) is 11.6 Å². The molecule has 106 valence electrons. The Balaban J connectivity index is 2.10. The van der Waals surface area contributed by atoms with E-state index in [0.717, 1.165) is 10.9 Å². The number of hydrogen-bond donors (Lipinski definition) is 1. The maximum absolute atomic E-state index is 13.3. The molecule has 3 nitrogen and oxygen atoms in total. The molecular formula is C17H14FNO2. The number of fused-ring (bicyclic) bond motifs is 1. The third-order valence-electron chi connectivity index (χ3n) is 3.55. The Morgan fingerprint density at radius 2 is 2.00 bits per heavy atom. The number of ether oxygens (including phenoxy) is 1. The summed E-state index contributed by atoms with van der Waals surface area (Å²) in [5.41, 5.74) is 2.34. The lowest BCUT2D eigenvalue weighted by atomic mass is 10.0. The fourth-order valence-electron chi connectivity index (χ4n) is 2.36. The summed E-state index contributed by atoms with van der Waals surface area (Å²) < 4.78 is 18.5. The van der Waals surface area contributed by atoms with Crippen molar-refractivity contribution in [2.75, 3.05) is 7.11 Å². The van der Waals surface area contributed by atoms with Gasteiger partial charge in [0.25, 0.3) is 0 Å². The SMILES string of the molecule is COc1ccc2[nH]cc(C(=O)c3ccc(F)c(C)c3)c2c1. The Hall–Kier alpha value is -2.62. The second-order valence-electron chi connectivity index (χ2n) is 4.91. The predicted octanol–water partition coefficient (Wildman–Crippen LogP) is 3.86. The normalized spacial score (nSPS) is 10.8. The molecule has 0 radical (unpaired) electrons. The molecule has 21 heavy (non-hydrogen) atoms. The molecule has 1 heterocycles. The van der Waals surface area contributed by atoms with Gasteiger partial charge in [-0.1, -0.05) is 0 Å². The number of aryl methyl sites for hydroxylation is 1. The highest BCUT2D eigenvalue weighted by Gasteiger charge is 2.15. The number of benzene rings is 2. The summed E-state index contributed by atoms with van der Waals surface area (Å²) >= 11 is 0. The van der Waals surface area contributed by atoms with Crippen molar-refractivity contribution in [1.29, 1.82) is 0 Å². The zero-order valence-corrected chi connectivity index (χ0v) is 11.7. The van der Waals surface area contributed by atoms with E-state index in [9.17, 15) is 9.18 Å². The smallest absolute Gasteiger partial charge is 0.195 e. The van der Waals surface area contributed by atoms with Crippen LogP contribution in [0.1, 0.15) is 21.5 Å². The van der Waals surface area contributed by atoms with Crippen molar-refractivity contribution in [2.45, 2.75) is 6.92 Å². The van der Waals surface area contributed by atoms with Gasteiger partial charge in [-0.25, -0.2) is 4.39 Å². The van der Waals surface area contributed by atoms with Crippen LogP contribution in [0.25, 0.3) is 10.9 Å². The van der Waals surface area contributed by atoms with E-state index in [-0.39, 0.29) is 11.6 Å². The van der Waals surface area contributed by atoms with Gasteiger partial charge in [-0.3, -0.25) is 4.79 Å². The molecule has 1 N–H and O–H groups in total. The molecule has 0 amide bonds. The lowest BCUT2D eigenvalue weighted by Gasteiger charge is -2.03. The highest BCUT2D eigenvalue weighted by molar-refractivity contribution is 6.16. The van der Waals surface area contributed by atoms with E-state index in [4.69, 9.17) is 4.74 Å². The molecule has 0 saturated carbocycles. The maximum atomic E-state index is 13.3. The second-order valence-corrected chi connectivity index (χ2v) is 4.91. The van der Waals surface area contributed by atoms with Crippen LogP contribution in [0.3, 0.4) is 0 Å². The first-order valence-corrected chi connectivity index (χ1v) is 6.56. The van der Waals surface area contributed by atoms with Crippen molar-refractivity contribution in [1.82, 2.24) is 4.98 Å². The van der Waals surface area contributed by atoms with Gasteiger partial charge in [0.15, 0.2) is 5.78 Å². The minimum atomic E-state index is -0.313. The Bertz CT molecular complexity index is 836. The number of methoxy groups -OCH3 is 1. The predicted molar refractivity (Wildman–Crippen MR) is 79.4 cm³/mol. The number of halogens is 1. The number of carbonyl (C=O) groups is 1. The van der Waals surface area contributed by atoms with Crippen LogP contribution in [0.15, 0.2) is 42.6 Å². The maximum Gasteiger partial charge on any atom is 0.195 e. The van der Waals surface area contributed by atoms with E-state index in [0.29, 0.717) is 22.4 Å².